The number of carbonyl (C=O) groups is 4. The lowest BCUT2D eigenvalue weighted by Gasteiger charge is -2.23. The van der Waals surface area contributed by atoms with E-state index in [1.165, 1.54) is 6.92 Å². The van der Waals surface area contributed by atoms with Crippen LogP contribution in [0.2, 0.25) is 0 Å². The molecule has 0 aliphatic rings. The molecule has 0 aromatic heterocycles. The minimum atomic E-state index is -1.22. The lowest BCUT2D eigenvalue weighted by molar-refractivity contribution is -0.141. The van der Waals surface area contributed by atoms with E-state index in [0.29, 0.717) is 31.6 Å². The number of carboxylic acids is 1. The summed E-state index contributed by atoms with van der Waals surface area (Å²) in [4.78, 5) is 48.1. The smallest absolute Gasteiger partial charge is 0.327 e. The van der Waals surface area contributed by atoms with Crippen molar-refractivity contribution in [3.63, 3.8) is 0 Å². The molecule has 0 aliphatic carbocycles. The monoisotopic (exact) mass is 451 g/mol. The number of amides is 3. The second-order valence-electron chi connectivity index (χ2n) is 6.55. The Morgan fingerprint density at radius 1 is 1.00 bits per heavy atom. The van der Waals surface area contributed by atoms with Crippen molar-refractivity contribution >= 4 is 48.1 Å². The maximum Gasteiger partial charge on any atom is 0.327 e. The second-order valence-corrected chi connectivity index (χ2v) is 7.90. The summed E-state index contributed by atoms with van der Waals surface area (Å²) in [7, 11) is 0. The van der Waals surface area contributed by atoms with Gasteiger partial charge < -0.3 is 32.5 Å². The number of hydrogen-bond donors (Lipinski definition) is 7. The molecule has 0 spiro atoms. The summed E-state index contributed by atoms with van der Waals surface area (Å²) in [6.45, 7) is 1.91. The van der Waals surface area contributed by atoms with Gasteiger partial charge in [0.05, 0.1) is 6.04 Å². The van der Waals surface area contributed by atoms with E-state index in [4.69, 9.17) is 16.6 Å². The number of carbonyl (C=O) groups excluding carboxylic acids is 3. The first-order chi connectivity index (χ1) is 13.7. The summed E-state index contributed by atoms with van der Waals surface area (Å²) in [6.07, 6.45) is 3.87. The summed E-state index contributed by atoms with van der Waals surface area (Å²) in [5, 5.41) is 16.5. The fraction of sp³-hybridized carbons (Fsp3) is 0.765. The Hall–Kier alpha value is -1.50. The van der Waals surface area contributed by atoms with E-state index < -0.39 is 47.9 Å². The van der Waals surface area contributed by atoms with Crippen LogP contribution in [0.5, 0.6) is 0 Å². The molecule has 0 saturated carbocycles. The molecule has 10 nitrogen and oxygen atoms in total. The van der Waals surface area contributed by atoms with Crippen LogP contribution in [-0.4, -0.2) is 77.3 Å². The number of carboxylic acid groups (broad SMARTS) is 1. The summed E-state index contributed by atoms with van der Waals surface area (Å²) in [5.74, 6) is -2.25. The molecule has 0 fully saturated rings. The zero-order chi connectivity index (χ0) is 22.4. The van der Waals surface area contributed by atoms with E-state index in [1.807, 2.05) is 6.26 Å². The van der Waals surface area contributed by atoms with Crippen molar-refractivity contribution in [3.05, 3.63) is 0 Å². The molecule has 4 atom stereocenters. The highest BCUT2D eigenvalue weighted by Gasteiger charge is 2.28. The number of thioether (sulfide) groups is 1. The van der Waals surface area contributed by atoms with Gasteiger partial charge in [0.2, 0.25) is 17.7 Å². The van der Waals surface area contributed by atoms with Crippen molar-refractivity contribution in [2.45, 2.75) is 56.8 Å². The van der Waals surface area contributed by atoms with Gasteiger partial charge in [-0.15, -0.1) is 0 Å². The average Bonchev–Trinajstić information content (AvgIpc) is 2.68. The molecule has 0 aromatic carbocycles. The van der Waals surface area contributed by atoms with Crippen LogP contribution < -0.4 is 27.4 Å². The van der Waals surface area contributed by atoms with Gasteiger partial charge in [0, 0.05) is 5.75 Å². The van der Waals surface area contributed by atoms with Crippen molar-refractivity contribution in [1.82, 2.24) is 16.0 Å². The SMILES string of the molecule is CSCCC(N)C(=O)NC(C)C(=O)NC(CCCCN)C(=O)NC(CS)C(=O)O. The number of rotatable bonds is 15. The number of aliphatic carboxylic acids is 1. The van der Waals surface area contributed by atoms with Gasteiger partial charge in [-0.2, -0.15) is 24.4 Å². The van der Waals surface area contributed by atoms with Crippen LogP contribution in [0.1, 0.15) is 32.6 Å². The second kappa shape index (κ2) is 15.4. The number of hydrogen-bond acceptors (Lipinski definition) is 8. The van der Waals surface area contributed by atoms with Crippen LogP contribution >= 0.6 is 24.4 Å². The standard InChI is InChI=1S/C17H33N5O5S2/c1-10(20-15(24)11(19)6-8-29-2)14(23)21-12(5-3-4-7-18)16(25)22-13(9-28)17(26)27/h10-13,28H,3-9,18-19H2,1-2H3,(H,20,24)(H,21,23)(H,22,25)(H,26,27). The first kappa shape index (κ1) is 27.5. The van der Waals surface area contributed by atoms with E-state index >= 15 is 0 Å². The van der Waals surface area contributed by atoms with Crippen LogP contribution in [-0.2, 0) is 19.2 Å². The number of unbranched alkanes of at least 4 members (excludes halogenated alkanes) is 1. The predicted molar refractivity (Wildman–Crippen MR) is 117 cm³/mol. The van der Waals surface area contributed by atoms with E-state index in [2.05, 4.69) is 28.6 Å². The summed E-state index contributed by atoms with van der Waals surface area (Å²) >= 11 is 5.47. The number of nitrogens with two attached hydrogens (primary N) is 2. The molecular formula is C17H33N5O5S2. The Kier molecular flexibility index (Phi) is 14.6. The predicted octanol–water partition coefficient (Wildman–Crippen LogP) is -1.32. The van der Waals surface area contributed by atoms with E-state index in [9.17, 15) is 19.2 Å². The minimum Gasteiger partial charge on any atom is -0.480 e. The van der Waals surface area contributed by atoms with Gasteiger partial charge >= 0.3 is 5.97 Å². The van der Waals surface area contributed by atoms with Crippen LogP contribution in [0, 0.1) is 0 Å². The molecule has 0 bridgehead atoms. The van der Waals surface area contributed by atoms with Crippen molar-refractivity contribution in [1.29, 1.82) is 0 Å². The van der Waals surface area contributed by atoms with Gasteiger partial charge in [-0.1, -0.05) is 0 Å². The Bertz CT molecular complexity index is 552. The van der Waals surface area contributed by atoms with Crippen LogP contribution in [0.3, 0.4) is 0 Å². The van der Waals surface area contributed by atoms with Crippen LogP contribution in [0.4, 0.5) is 0 Å². The first-order valence-corrected chi connectivity index (χ1v) is 11.4. The maximum absolute atomic E-state index is 12.5. The van der Waals surface area contributed by atoms with E-state index in [-0.39, 0.29) is 12.2 Å². The Morgan fingerprint density at radius 3 is 2.14 bits per heavy atom. The molecule has 12 heteroatoms. The van der Waals surface area contributed by atoms with Crippen molar-refractivity contribution < 1.29 is 24.3 Å². The Morgan fingerprint density at radius 2 is 1.62 bits per heavy atom. The molecule has 8 N–H and O–H groups in total. The van der Waals surface area contributed by atoms with Gasteiger partial charge in [0.15, 0.2) is 0 Å². The molecule has 0 aromatic rings. The van der Waals surface area contributed by atoms with E-state index in [0.717, 1.165) is 0 Å². The zero-order valence-corrected chi connectivity index (χ0v) is 18.6. The maximum atomic E-state index is 12.5. The lowest BCUT2D eigenvalue weighted by Crippen LogP contribution is -2.56. The molecule has 0 aliphatic heterocycles. The summed E-state index contributed by atoms with van der Waals surface area (Å²) in [6, 6.07) is -3.77. The summed E-state index contributed by atoms with van der Waals surface area (Å²) < 4.78 is 0. The zero-order valence-electron chi connectivity index (χ0n) is 16.8. The minimum absolute atomic E-state index is 0.0923. The van der Waals surface area contributed by atoms with Crippen molar-refractivity contribution in [2.75, 3.05) is 24.3 Å². The number of nitrogens with one attached hydrogen (secondary N) is 3. The van der Waals surface area contributed by atoms with Gasteiger partial charge in [-0.05, 0) is 51.2 Å². The molecule has 3 amide bonds. The van der Waals surface area contributed by atoms with Gasteiger partial charge in [0.25, 0.3) is 0 Å². The Labute approximate surface area is 181 Å². The highest BCUT2D eigenvalue weighted by atomic mass is 32.2. The topological polar surface area (TPSA) is 177 Å². The van der Waals surface area contributed by atoms with E-state index in [1.54, 1.807) is 11.8 Å². The molecule has 29 heavy (non-hydrogen) atoms. The third-order valence-corrected chi connectivity index (χ3v) is 5.11. The molecule has 4 unspecified atom stereocenters. The molecule has 0 heterocycles. The normalized spacial score (nSPS) is 14.9. The number of thiol groups is 1. The third kappa shape index (κ3) is 11.3. The fourth-order valence-corrected chi connectivity index (χ4v) is 3.02. The van der Waals surface area contributed by atoms with Crippen molar-refractivity contribution in [3.8, 4) is 0 Å². The molecule has 0 rings (SSSR count). The molecular weight excluding hydrogens is 418 g/mol. The van der Waals surface area contributed by atoms with Gasteiger partial charge in [0.1, 0.15) is 18.1 Å². The third-order valence-electron chi connectivity index (χ3n) is 4.10. The van der Waals surface area contributed by atoms with Crippen molar-refractivity contribution in [2.24, 2.45) is 11.5 Å². The lowest BCUT2D eigenvalue weighted by atomic mass is 10.1. The fourth-order valence-electron chi connectivity index (χ4n) is 2.28. The molecule has 168 valence electrons. The average molecular weight is 452 g/mol. The van der Waals surface area contributed by atoms with Gasteiger partial charge in [-0.25, -0.2) is 4.79 Å². The highest BCUT2D eigenvalue weighted by Crippen LogP contribution is 2.04. The van der Waals surface area contributed by atoms with Gasteiger partial charge in [-0.3, -0.25) is 14.4 Å². The van der Waals surface area contributed by atoms with Crippen LogP contribution in [0.15, 0.2) is 0 Å². The largest absolute Gasteiger partial charge is 0.480 e. The first-order valence-electron chi connectivity index (χ1n) is 9.37. The molecule has 0 radical (unpaired) electrons. The molecule has 0 saturated heterocycles. The quantitative estimate of drug-likeness (QED) is 0.118. The van der Waals surface area contributed by atoms with Crippen LogP contribution in [0.25, 0.3) is 0 Å². The Balaban J connectivity index is 4.93. The highest BCUT2D eigenvalue weighted by molar-refractivity contribution is 7.98. The summed E-state index contributed by atoms with van der Waals surface area (Å²) in [5.41, 5.74) is 11.2.